The molecule has 0 fully saturated rings. The molecule has 2 N–H and O–H groups in total. The minimum atomic E-state index is -2.91. The van der Waals surface area contributed by atoms with Crippen molar-refractivity contribution in [1.82, 2.24) is 0 Å². The van der Waals surface area contributed by atoms with Gasteiger partial charge >= 0.3 is 168 Å². The fraction of sp³-hybridized carbons (Fsp3) is 0.500. The Balaban J connectivity index is -0.0000000480. The minimum absolute atomic E-state index is 0. The molecule has 1 unspecified atom stereocenters. The van der Waals surface area contributed by atoms with Crippen LogP contribution in [0.25, 0.3) is 0 Å². The maximum absolute atomic E-state index is 10.2. The van der Waals surface area contributed by atoms with Crippen LogP contribution in [0, 0.1) is 0 Å². The van der Waals surface area contributed by atoms with Gasteiger partial charge in [-0.25, -0.2) is 0 Å². The van der Waals surface area contributed by atoms with E-state index < -0.39 is 36.4 Å². The predicted molar refractivity (Wildman–Crippen MR) is 34.1 cm³/mol. The Morgan fingerprint density at radius 1 is 1.06 bits per heavy atom. The predicted octanol–water partition coefficient (Wildman–Crippen LogP) is -15.7. The van der Waals surface area contributed by atoms with E-state index in [1.165, 1.54) is 0 Å². The van der Waals surface area contributed by atoms with Crippen LogP contribution < -0.4 is 172 Å². The number of hydrogen-bond donors (Lipinski definition) is 2. The maximum atomic E-state index is 10.2. The first kappa shape index (κ1) is 32.5. The zero-order valence-electron chi connectivity index (χ0n) is 12.3. The van der Waals surface area contributed by atoms with Crippen molar-refractivity contribution < 1.29 is 200 Å². The Morgan fingerprint density at radius 3 is 1.59 bits per heavy atom. The molecule has 0 saturated carbocycles. The SMILES string of the molecule is O=C([O-])CC(O)(CC(=O)O)C(=O)[O-].[H-].[H-].[K+].[K+].[Na+].[Na+]. The second-order valence-electron chi connectivity index (χ2n) is 2.44. The van der Waals surface area contributed by atoms with E-state index in [1.54, 1.807) is 0 Å². The second kappa shape index (κ2) is 16.0. The third kappa shape index (κ3) is 15.8. The summed E-state index contributed by atoms with van der Waals surface area (Å²) in [7, 11) is 0. The van der Waals surface area contributed by atoms with E-state index in [2.05, 4.69) is 0 Å². The van der Waals surface area contributed by atoms with Gasteiger partial charge in [0.2, 0.25) is 0 Å². The Morgan fingerprint density at radius 2 is 1.41 bits per heavy atom. The Kier molecular flexibility index (Phi) is 30.7. The molecule has 0 amide bonds. The standard InChI is InChI=1S/C6H8O7.2K.2Na.2H/c7-3(8)1-6(13,5(11)12)2-4(9)10;;;;;;/h13H,1-2H2,(H,7,8)(H,9,10)(H,11,12);;;;;;/q;4*+1;2*-1/p-2. The van der Waals surface area contributed by atoms with Gasteiger partial charge in [-0.1, -0.05) is 0 Å². The molecule has 11 heteroatoms. The van der Waals surface area contributed by atoms with E-state index in [4.69, 9.17) is 10.2 Å². The normalized spacial score (nSPS) is 11.1. The zero-order valence-corrected chi connectivity index (χ0v) is 20.6. The van der Waals surface area contributed by atoms with Crippen molar-refractivity contribution in [2.24, 2.45) is 0 Å². The average molecular weight is 316 g/mol. The van der Waals surface area contributed by atoms with Crippen LogP contribution in [0.3, 0.4) is 0 Å². The molecular weight excluding hydrogens is 308 g/mol. The molecule has 78 valence electrons. The van der Waals surface area contributed by atoms with Gasteiger partial charge in [0.15, 0.2) is 0 Å². The number of carboxylic acids is 3. The molecule has 0 radical (unpaired) electrons. The number of hydrogen-bond acceptors (Lipinski definition) is 6. The van der Waals surface area contributed by atoms with Gasteiger partial charge in [0.25, 0.3) is 0 Å². The number of aliphatic hydroxyl groups is 1. The van der Waals surface area contributed by atoms with Gasteiger partial charge in [-0.15, -0.1) is 0 Å². The molecule has 0 aromatic heterocycles. The topological polar surface area (TPSA) is 138 Å². The van der Waals surface area contributed by atoms with Crippen LogP contribution in [0.2, 0.25) is 0 Å². The summed E-state index contributed by atoms with van der Waals surface area (Å²) in [6, 6.07) is 0. The number of carboxylic acid groups (broad SMARTS) is 3. The van der Waals surface area contributed by atoms with Gasteiger partial charge in [0.05, 0.1) is 12.4 Å². The van der Waals surface area contributed by atoms with Crippen LogP contribution in [0.15, 0.2) is 0 Å². The van der Waals surface area contributed by atoms with Crippen molar-refractivity contribution in [1.29, 1.82) is 0 Å². The first-order valence-corrected chi connectivity index (χ1v) is 3.13. The maximum Gasteiger partial charge on any atom is 1.00 e. The Bertz CT molecular complexity index is 254. The van der Waals surface area contributed by atoms with E-state index in [0.29, 0.717) is 0 Å². The van der Waals surface area contributed by atoms with E-state index in [1.807, 2.05) is 0 Å². The fourth-order valence-electron chi connectivity index (χ4n) is 0.696. The summed E-state index contributed by atoms with van der Waals surface area (Å²) >= 11 is 0. The molecule has 1 atom stereocenters. The number of carbonyl (C=O) groups is 3. The molecule has 17 heavy (non-hydrogen) atoms. The van der Waals surface area contributed by atoms with Crippen molar-refractivity contribution in [3.05, 3.63) is 0 Å². The van der Waals surface area contributed by atoms with Crippen molar-refractivity contribution in [2.45, 2.75) is 18.4 Å². The first-order valence-electron chi connectivity index (χ1n) is 3.13. The first-order chi connectivity index (χ1) is 5.78. The number of rotatable bonds is 5. The molecule has 0 saturated heterocycles. The van der Waals surface area contributed by atoms with Gasteiger partial charge < -0.3 is 32.9 Å². The van der Waals surface area contributed by atoms with E-state index in [-0.39, 0.29) is 165 Å². The average Bonchev–Trinajstić information content (AvgIpc) is 1.82. The largest absolute Gasteiger partial charge is 1.00 e. The van der Waals surface area contributed by atoms with Crippen LogP contribution >= 0.6 is 0 Å². The minimum Gasteiger partial charge on any atom is -1.00 e. The molecule has 0 rings (SSSR count). The zero-order chi connectivity index (χ0) is 10.6. The van der Waals surface area contributed by atoms with Crippen LogP contribution in [0.1, 0.15) is 15.7 Å². The van der Waals surface area contributed by atoms with Crippen LogP contribution in [0.4, 0.5) is 0 Å². The van der Waals surface area contributed by atoms with E-state index >= 15 is 0 Å². The molecule has 0 aliphatic heterocycles. The second-order valence-corrected chi connectivity index (χ2v) is 2.44. The van der Waals surface area contributed by atoms with Crippen LogP contribution in [-0.4, -0.2) is 33.7 Å². The van der Waals surface area contributed by atoms with Crippen molar-refractivity contribution >= 4 is 17.9 Å². The van der Waals surface area contributed by atoms with E-state index in [9.17, 15) is 24.6 Å². The van der Waals surface area contributed by atoms with Gasteiger partial charge in [0, 0.05) is 12.4 Å². The van der Waals surface area contributed by atoms with Gasteiger partial charge in [-0.05, 0) is 0 Å². The van der Waals surface area contributed by atoms with Crippen molar-refractivity contribution in [3.8, 4) is 0 Å². The fourth-order valence-corrected chi connectivity index (χ4v) is 0.696. The number of aliphatic carboxylic acids is 3. The van der Waals surface area contributed by atoms with Crippen molar-refractivity contribution in [3.63, 3.8) is 0 Å². The molecule has 0 aromatic carbocycles. The van der Waals surface area contributed by atoms with Gasteiger partial charge in [-0.3, -0.25) is 4.79 Å². The van der Waals surface area contributed by atoms with E-state index in [0.717, 1.165) is 0 Å². The molecule has 0 aliphatic carbocycles. The summed E-state index contributed by atoms with van der Waals surface area (Å²) in [5.74, 6) is -5.67. The monoisotopic (exact) mass is 316 g/mol. The smallest absolute Gasteiger partial charge is 1.00 e. The molecule has 0 heterocycles. The molecule has 0 bridgehead atoms. The van der Waals surface area contributed by atoms with Gasteiger partial charge in [0.1, 0.15) is 5.60 Å². The molecule has 7 nitrogen and oxygen atoms in total. The Labute approximate surface area is 230 Å². The molecule has 0 aliphatic rings. The third-order valence-corrected chi connectivity index (χ3v) is 1.26. The summed E-state index contributed by atoms with van der Waals surface area (Å²) in [6.07, 6.45) is -2.56. The molecular formula is C6H8K2Na2O7. The van der Waals surface area contributed by atoms with Crippen molar-refractivity contribution in [2.75, 3.05) is 0 Å². The molecule has 0 spiro atoms. The Hall–Kier alpha value is 3.64. The van der Waals surface area contributed by atoms with Crippen LogP contribution in [0.5, 0.6) is 0 Å². The quantitative estimate of drug-likeness (QED) is 0.480. The summed E-state index contributed by atoms with van der Waals surface area (Å²) < 4.78 is 0. The van der Waals surface area contributed by atoms with Crippen LogP contribution in [-0.2, 0) is 14.4 Å². The summed E-state index contributed by atoms with van der Waals surface area (Å²) in [4.78, 5) is 30.2. The summed E-state index contributed by atoms with van der Waals surface area (Å²) in [5, 5.41) is 37.2. The molecule has 0 aromatic rings. The third-order valence-electron chi connectivity index (χ3n) is 1.26. The van der Waals surface area contributed by atoms with Gasteiger partial charge in [-0.2, -0.15) is 0 Å². The number of carbonyl (C=O) groups excluding carboxylic acids is 2. The summed E-state index contributed by atoms with van der Waals surface area (Å²) in [6.45, 7) is 0. The summed E-state index contributed by atoms with van der Waals surface area (Å²) in [5.41, 5.74) is -2.91.